The van der Waals surface area contributed by atoms with Crippen molar-refractivity contribution in [3.8, 4) is 0 Å². The molecule has 25 heavy (non-hydrogen) atoms. The number of guanidine groups is 1. The lowest BCUT2D eigenvalue weighted by molar-refractivity contribution is -0.128. The van der Waals surface area contributed by atoms with Gasteiger partial charge in [0.2, 0.25) is 5.91 Å². The highest BCUT2D eigenvalue weighted by molar-refractivity contribution is 7.09. The second-order valence-electron chi connectivity index (χ2n) is 7.34. The maximum atomic E-state index is 12.1. The number of carbonyl (C=O) groups excluding carboxylic acids is 1. The van der Waals surface area contributed by atoms with Gasteiger partial charge in [-0.25, -0.2) is 9.98 Å². The third kappa shape index (κ3) is 6.30. The zero-order valence-electron chi connectivity index (χ0n) is 15.9. The summed E-state index contributed by atoms with van der Waals surface area (Å²) in [5, 5.41) is 9.76. The SMILES string of the molecule is CCNC(=NCC(=O)N1CCCC1)NCCc1nc(C(C)(C)C)cs1. The second-order valence-corrected chi connectivity index (χ2v) is 8.28. The summed E-state index contributed by atoms with van der Waals surface area (Å²) in [6.07, 6.45) is 3.07. The molecule has 2 N–H and O–H groups in total. The average molecular weight is 366 g/mol. The summed E-state index contributed by atoms with van der Waals surface area (Å²) in [7, 11) is 0. The van der Waals surface area contributed by atoms with Gasteiger partial charge < -0.3 is 15.5 Å². The van der Waals surface area contributed by atoms with Crippen LogP contribution in [0.25, 0.3) is 0 Å². The first-order valence-electron chi connectivity index (χ1n) is 9.15. The van der Waals surface area contributed by atoms with Crippen molar-refractivity contribution < 1.29 is 4.79 Å². The van der Waals surface area contributed by atoms with E-state index in [2.05, 4.69) is 41.8 Å². The smallest absolute Gasteiger partial charge is 0.244 e. The Labute approximate surface area is 155 Å². The Morgan fingerprint density at radius 3 is 2.64 bits per heavy atom. The normalized spacial score (nSPS) is 15.5. The molecule has 0 unspecified atom stereocenters. The van der Waals surface area contributed by atoms with Crippen LogP contribution in [0.5, 0.6) is 0 Å². The van der Waals surface area contributed by atoms with Crippen LogP contribution in [0.2, 0.25) is 0 Å². The van der Waals surface area contributed by atoms with Crippen LogP contribution in [-0.4, -0.2) is 54.5 Å². The average Bonchev–Trinajstić information content (AvgIpc) is 3.23. The van der Waals surface area contributed by atoms with Crippen LogP contribution in [-0.2, 0) is 16.6 Å². The number of hydrogen-bond acceptors (Lipinski definition) is 4. The summed E-state index contributed by atoms with van der Waals surface area (Å²) in [6, 6.07) is 0. The topological polar surface area (TPSA) is 69.6 Å². The molecule has 0 aliphatic carbocycles. The number of aliphatic imine (C=N–C) groups is 1. The van der Waals surface area contributed by atoms with E-state index in [1.54, 1.807) is 11.3 Å². The standard InChI is InChI=1S/C18H31N5OS/c1-5-19-17(21-12-16(24)23-10-6-7-11-23)20-9-8-15-22-14(13-25-15)18(2,3)4/h13H,5-12H2,1-4H3,(H2,19,20,21). The molecule has 1 amide bonds. The largest absolute Gasteiger partial charge is 0.357 e. The molecule has 1 fully saturated rings. The molecule has 1 aliphatic heterocycles. The number of nitrogens with zero attached hydrogens (tertiary/aromatic N) is 3. The summed E-state index contributed by atoms with van der Waals surface area (Å²) in [5.41, 5.74) is 1.23. The number of hydrogen-bond donors (Lipinski definition) is 2. The molecule has 6 nitrogen and oxygen atoms in total. The van der Waals surface area contributed by atoms with Gasteiger partial charge in [0.05, 0.1) is 10.7 Å². The van der Waals surface area contributed by atoms with E-state index in [9.17, 15) is 4.79 Å². The molecule has 7 heteroatoms. The first-order valence-corrected chi connectivity index (χ1v) is 10.0. The van der Waals surface area contributed by atoms with Crippen LogP contribution in [0, 0.1) is 0 Å². The van der Waals surface area contributed by atoms with Gasteiger partial charge in [-0.3, -0.25) is 4.79 Å². The van der Waals surface area contributed by atoms with Crippen LogP contribution >= 0.6 is 11.3 Å². The fourth-order valence-electron chi connectivity index (χ4n) is 2.61. The molecule has 1 aromatic rings. The van der Waals surface area contributed by atoms with E-state index in [1.165, 1.54) is 0 Å². The van der Waals surface area contributed by atoms with E-state index in [-0.39, 0.29) is 17.9 Å². The molecule has 1 saturated heterocycles. The summed E-state index contributed by atoms with van der Waals surface area (Å²) in [5.74, 6) is 0.812. The van der Waals surface area contributed by atoms with E-state index in [0.29, 0.717) is 5.96 Å². The minimum atomic E-state index is 0.0918. The summed E-state index contributed by atoms with van der Waals surface area (Å²) < 4.78 is 0. The zero-order chi connectivity index (χ0) is 18.3. The molecule has 0 spiro atoms. The maximum Gasteiger partial charge on any atom is 0.244 e. The minimum absolute atomic E-state index is 0.0918. The third-order valence-corrected chi connectivity index (χ3v) is 5.04. The first-order chi connectivity index (χ1) is 11.9. The van der Waals surface area contributed by atoms with Gasteiger partial charge in [0.1, 0.15) is 6.54 Å². The number of aromatic nitrogens is 1. The molecule has 0 atom stereocenters. The molecule has 140 valence electrons. The molecule has 0 radical (unpaired) electrons. The molecule has 2 rings (SSSR count). The van der Waals surface area contributed by atoms with Gasteiger partial charge >= 0.3 is 0 Å². The van der Waals surface area contributed by atoms with Gasteiger partial charge in [-0.2, -0.15) is 0 Å². The number of amides is 1. The van der Waals surface area contributed by atoms with Crippen LogP contribution in [0.4, 0.5) is 0 Å². The van der Waals surface area contributed by atoms with Crippen molar-refractivity contribution in [2.24, 2.45) is 4.99 Å². The van der Waals surface area contributed by atoms with Gasteiger partial charge in [-0.1, -0.05) is 20.8 Å². The van der Waals surface area contributed by atoms with Crippen LogP contribution in [0.1, 0.15) is 51.2 Å². The Hall–Kier alpha value is -1.63. The van der Waals surface area contributed by atoms with E-state index in [1.807, 2.05) is 11.8 Å². The van der Waals surface area contributed by atoms with Gasteiger partial charge in [0.15, 0.2) is 5.96 Å². The second kappa shape index (κ2) is 9.17. The van der Waals surface area contributed by atoms with Gasteiger partial charge in [0, 0.05) is 43.4 Å². The monoisotopic (exact) mass is 365 g/mol. The zero-order valence-corrected chi connectivity index (χ0v) is 16.7. The Balaban J connectivity index is 1.81. The number of rotatable bonds is 6. The van der Waals surface area contributed by atoms with Crippen molar-refractivity contribution in [1.82, 2.24) is 20.5 Å². The molecular weight excluding hydrogens is 334 g/mol. The van der Waals surface area contributed by atoms with Crippen molar-refractivity contribution >= 4 is 23.2 Å². The van der Waals surface area contributed by atoms with Crippen molar-refractivity contribution in [2.45, 2.75) is 52.4 Å². The molecule has 1 aliphatic rings. The van der Waals surface area contributed by atoms with Crippen LogP contribution in [0.3, 0.4) is 0 Å². The number of nitrogens with one attached hydrogen (secondary N) is 2. The summed E-state index contributed by atoms with van der Waals surface area (Å²) >= 11 is 1.70. The van der Waals surface area contributed by atoms with Crippen LogP contribution in [0.15, 0.2) is 10.4 Å². The van der Waals surface area contributed by atoms with Crippen molar-refractivity contribution in [2.75, 3.05) is 32.7 Å². The Bertz CT molecular complexity index is 585. The number of carbonyl (C=O) groups is 1. The predicted molar refractivity (Wildman–Crippen MR) is 104 cm³/mol. The predicted octanol–water partition coefficient (Wildman–Crippen LogP) is 2.16. The lowest BCUT2D eigenvalue weighted by Gasteiger charge is -2.15. The Morgan fingerprint density at radius 2 is 2.04 bits per heavy atom. The summed E-state index contributed by atoms with van der Waals surface area (Å²) in [6.45, 7) is 12.0. The van der Waals surface area contributed by atoms with Crippen LogP contribution < -0.4 is 10.6 Å². The highest BCUT2D eigenvalue weighted by Crippen LogP contribution is 2.23. The molecule has 0 aromatic carbocycles. The lowest BCUT2D eigenvalue weighted by Crippen LogP contribution is -2.39. The van der Waals surface area contributed by atoms with E-state index >= 15 is 0 Å². The minimum Gasteiger partial charge on any atom is -0.357 e. The summed E-state index contributed by atoms with van der Waals surface area (Å²) in [4.78, 5) is 23.1. The first kappa shape index (κ1) is 19.7. The molecule has 0 saturated carbocycles. The van der Waals surface area contributed by atoms with Crippen molar-refractivity contribution in [3.05, 3.63) is 16.1 Å². The van der Waals surface area contributed by atoms with Crippen molar-refractivity contribution in [3.63, 3.8) is 0 Å². The molecule has 0 bridgehead atoms. The van der Waals surface area contributed by atoms with Gasteiger partial charge in [0.25, 0.3) is 0 Å². The van der Waals surface area contributed by atoms with E-state index < -0.39 is 0 Å². The third-order valence-electron chi connectivity index (χ3n) is 4.13. The molecular formula is C18H31N5OS. The van der Waals surface area contributed by atoms with Gasteiger partial charge in [-0.15, -0.1) is 11.3 Å². The number of likely N-dealkylation sites (tertiary alicyclic amines) is 1. The molecule has 1 aromatic heterocycles. The van der Waals surface area contributed by atoms with E-state index in [0.717, 1.165) is 56.1 Å². The lowest BCUT2D eigenvalue weighted by atomic mass is 9.93. The fraction of sp³-hybridized carbons (Fsp3) is 0.722. The Kier molecular flexibility index (Phi) is 7.23. The highest BCUT2D eigenvalue weighted by atomic mass is 32.1. The Morgan fingerprint density at radius 1 is 1.32 bits per heavy atom. The van der Waals surface area contributed by atoms with E-state index in [4.69, 9.17) is 4.98 Å². The highest BCUT2D eigenvalue weighted by Gasteiger charge is 2.18. The quantitative estimate of drug-likeness (QED) is 0.599. The number of thiazole rings is 1. The molecule has 2 heterocycles. The van der Waals surface area contributed by atoms with Crippen molar-refractivity contribution in [1.29, 1.82) is 0 Å². The maximum absolute atomic E-state index is 12.1. The fourth-order valence-corrected chi connectivity index (χ4v) is 3.64. The van der Waals surface area contributed by atoms with Gasteiger partial charge in [-0.05, 0) is 19.8 Å².